The Hall–Kier alpha value is -2.62. The molecule has 0 fully saturated rings. The van der Waals surface area contributed by atoms with E-state index in [1.807, 2.05) is 36.4 Å². The van der Waals surface area contributed by atoms with Crippen molar-refractivity contribution in [3.63, 3.8) is 0 Å². The van der Waals surface area contributed by atoms with Gasteiger partial charge in [-0.2, -0.15) is 0 Å². The first kappa shape index (κ1) is 9.41. The van der Waals surface area contributed by atoms with Gasteiger partial charge in [0, 0.05) is 5.39 Å². The van der Waals surface area contributed by atoms with Crippen molar-refractivity contribution < 1.29 is 8.83 Å². The van der Waals surface area contributed by atoms with Crippen LogP contribution in [0.1, 0.15) is 0 Å². The Morgan fingerprint density at radius 2 is 1.94 bits per heavy atom. The second-order valence-electron chi connectivity index (χ2n) is 3.98. The van der Waals surface area contributed by atoms with Crippen LogP contribution in [-0.4, -0.2) is 9.97 Å². The molecule has 0 saturated carbocycles. The summed E-state index contributed by atoms with van der Waals surface area (Å²) in [6, 6.07) is 11.5. The number of para-hydroxylation sites is 1. The van der Waals surface area contributed by atoms with Crippen LogP contribution in [0.25, 0.3) is 33.7 Å². The highest BCUT2D eigenvalue weighted by Crippen LogP contribution is 2.27. The van der Waals surface area contributed by atoms with Crippen molar-refractivity contribution >= 4 is 22.2 Å². The summed E-state index contributed by atoms with van der Waals surface area (Å²) in [5, 5.41) is 0.966. The van der Waals surface area contributed by atoms with Crippen LogP contribution >= 0.6 is 0 Å². The van der Waals surface area contributed by atoms with E-state index in [-0.39, 0.29) is 0 Å². The fourth-order valence-corrected chi connectivity index (χ4v) is 2.03. The van der Waals surface area contributed by atoms with Gasteiger partial charge in [-0.3, -0.25) is 0 Å². The summed E-state index contributed by atoms with van der Waals surface area (Å²) >= 11 is 0. The summed E-state index contributed by atoms with van der Waals surface area (Å²) in [7, 11) is 0. The molecule has 0 aliphatic rings. The van der Waals surface area contributed by atoms with Gasteiger partial charge < -0.3 is 8.83 Å². The van der Waals surface area contributed by atoms with E-state index in [2.05, 4.69) is 9.97 Å². The maximum absolute atomic E-state index is 5.62. The third kappa shape index (κ3) is 1.26. The monoisotopic (exact) mass is 236 g/mol. The molecule has 0 amide bonds. The molecule has 4 aromatic rings. The summed E-state index contributed by atoms with van der Waals surface area (Å²) < 4.78 is 10.9. The van der Waals surface area contributed by atoms with Crippen molar-refractivity contribution in [3.8, 4) is 11.5 Å². The number of benzene rings is 1. The SMILES string of the molecule is c1coc(-c2cnc3oc4ccccc4c3n2)c1. The van der Waals surface area contributed by atoms with Crippen LogP contribution < -0.4 is 0 Å². The first-order valence-corrected chi connectivity index (χ1v) is 5.60. The van der Waals surface area contributed by atoms with Crippen molar-refractivity contribution in [2.45, 2.75) is 0 Å². The zero-order chi connectivity index (χ0) is 11.9. The molecule has 0 aliphatic heterocycles. The van der Waals surface area contributed by atoms with Crippen LogP contribution in [0, 0.1) is 0 Å². The van der Waals surface area contributed by atoms with Gasteiger partial charge in [0.05, 0.1) is 12.5 Å². The van der Waals surface area contributed by atoms with Crippen LogP contribution in [0.5, 0.6) is 0 Å². The zero-order valence-corrected chi connectivity index (χ0v) is 9.33. The second kappa shape index (κ2) is 3.43. The van der Waals surface area contributed by atoms with E-state index in [0.29, 0.717) is 17.2 Å². The normalized spacial score (nSPS) is 11.3. The molecule has 0 saturated heterocycles. The molecule has 4 nitrogen and oxygen atoms in total. The minimum Gasteiger partial charge on any atom is -0.463 e. The van der Waals surface area contributed by atoms with Crippen LogP contribution in [-0.2, 0) is 0 Å². The Kier molecular flexibility index (Phi) is 1.80. The molecule has 0 spiro atoms. The number of hydrogen-bond acceptors (Lipinski definition) is 4. The summed E-state index contributed by atoms with van der Waals surface area (Å²) in [4.78, 5) is 8.84. The summed E-state index contributed by atoms with van der Waals surface area (Å²) in [5.41, 5.74) is 2.81. The summed E-state index contributed by atoms with van der Waals surface area (Å²) in [5.74, 6) is 0.703. The van der Waals surface area contributed by atoms with E-state index in [1.54, 1.807) is 12.5 Å². The molecule has 0 aliphatic carbocycles. The lowest BCUT2D eigenvalue weighted by molar-refractivity contribution is 0.579. The van der Waals surface area contributed by atoms with Gasteiger partial charge in [0.15, 0.2) is 5.76 Å². The molecule has 0 atom stereocenters. The highest BCUT2D eigenvalue weighted by molar-refractivity contribution is 6.01. The van der Waals surface area contributed by atoms with Gasteiger partial charge in [0.25, 0.3) is 0 Å². The smallest absolute Gasteiger partial charge is 0.246 e. The second-order valence-corrected chi connectivity index (χ2v) is 3.98. The molecule has 3 heterocycles. The quantitative estimate of drug-likeness (QED) is 0.506. The minimum absolute atomic E-state index is 0.548. The first-order valence-electron chi connectivity index (χ1n) is 5.60. The number of hydrogen-bond donors (Lipinski definition) is 0. The minimum atomic E-state index is 0.548. The fraction of sp³-hybridized carbons (Fsp3) is 0. The topological polar surface area (TPSA) is 52.1 Å². The van der Waals surface area contributed by atoms with Crippen molar-refractivity contribution in [3.05, 3.63) is 48.9 Å². The maximum Gasteiger partial charge on any atom is 0.246 e. The predicted octanol–water partition coefficient (Wildman–Crippen LogP) is 3.64. The lowest BCUT2D eigenvalue weighted by atomic mass is 10.2. The van der Waals surface area contributed by atoms with Gasteiger partial charge in [-0.1, -0.05) is 12.1 Å². The molecular weight excluding hydrogens is 228 g/mol. The lowest BCUT2D eigenvalue weighted by Gasteiger charge is -1.94. The molecule has 1 aromatic carbocycles. The molecule has 18 heavy (non-hydrogen) atoms. The number of rotatable bonds is 1. The Morgan fingerprint density at radius 3 is 2.83 bits per heavy atom. The van der Waals surface area contributed by atoms with E-state index in [0.717, 1.165) is 16.5 Å². The number of nitrogens with zero attached hydrogens (tertiary/aromatic N) is 2. The average molecular weight is 236 g/mol. The van der Waals surface area contributed by atoms with E-state index >= 15 is 0 Å². The van der Waals surface area contributed by atoms with Gasteiger partial charge in [-0.15, -0.1) is 0 Å². The fourth-order valence-electron chi connectivity index (χ4n) is 2.03. The van der Waals surface area contributed by atoms with Gasteiger partial charge in [0.2, 0.25) is 5.71 Å². The Labute approximate surface area is 102 Å². The van der Waals surface area contributed by atoms with Crippen LogP contribution in [0.15, 0.2) is 57.7 Å². The molecule has 0 radical (unpaired) electrons. The standard InChI is InChI=1S/C14H8N2O2/c1-2-5-11-9(4-1)13-14(18-11)15-8-10(16-13)12-6-3-7-17-12/h1-8H. The molecule has 0 N–H and O–H groups in total. The average Bonchev–Trinajstić information content (AvgIpc) is 3.05. The van der Waals surface area contributed by atoms with Gasteiger partial charge in [-0.05, 0) is 24.3 Å². The molecular formula is C14H8N2O2. The number of furan rings is 2. The Bertz CT molecular complexity index is 831. The third-order valence-corrected chi connectivity index (χ3v) is 2.86. The molecule has 3 aromatic heterocycles. The van der Waals surface area contributed by atoms with Crippen molar-refractivity contribution in [1.29, 1.82) is 0 Å². The van der Waals surface area contributed by atoms with Gasteiger partial charge >= 0.3 is 0 Å². The highest BCUT2D eigenvalue weighted by atomic mass is 16.3. The lowest BCUT2D eigenvalue weighted by Crippen LogP contribution is -1.84. The largest absolute Gasteiger partial charge is 0.463 e. The first-order chi connectivity index (χ1) is 8.92. The molecule has 0 unspecified atom stereocenters. The number of aromatic nitrogens is 2. The highest BCUT2D eigenvalue weighted by Gasteiger charge is 2.11. The van der Waals surface area contributed by atoms with Crippen molar-refractivity contribution in [2.24, 2.45) is 0 Å². The van der Waals surface area contributed by atoms with Crippen molar-refractivity contribution in [1.82, 2.24) is 9.97 Å². The zero-order valence-electron chi connectivity index (χ0n) is 9.33. The van der Waals surface area contributed by atoms with Gasteiger partial charge in [-0.25, -0.2) is 9.97 Å². The molecule has 86 valence electrons. The van der Waals surface area contributed by atoms with E-state index in [4.69, 9.17) is 8.83 Å². The third-order valence-electron chi connectivity index (χ3n) is 2.86. The Balaban J connectivity index is 2.07. The molecule has 4 rings (SSSR count). The molecule has 4 heteroatoms. The van der Waals surface area contributed by atoms with E-state index < -0.39 is 0 Å². The summed E-state index contributed by atoms with van der Waals surface area (Å²) in [6.45, 7) is 0. The van der Waals surface area contributed by atoms with Crippen molar-refractivity contribution in [2.75, 3.05) is 0 Å². The maximum atomic E-state index is 5.62. The summed E-state index contributed by atoms with van der Waals surface area (Å²) in [6.07, 6.45) is 3.28. The predicted molar refractivity (Wildman–Crippen MR) is 67.0 cm³/mol. The van der Waals surface area contributed by atoms with Crippen LogP contribution in [0.4, 0.5) is 0 Å². The van der Waals surface area contributed by atoms with E-state index in [1.165, 1.54) is 0 Å². The Morgan fingerprint density at radius 1 is 1.00 bits per heavy atom. The molecule has 0 bridgehead atoms. The number of fused-ring (bicyclic) bond motifs is 3. The van der Waals surface area contributed by atoms with Crippen LogP contribution in [0.2, 0.25) is 0 Å². The van der Waals surface area contributed by atoms with Gasteiger partial charge in [0.1, 0.15) is 16.8 Å². The van der Waals surface area contributed by atoms with E-state index in [9.17, 15) is 0 Å². The van der Waals surface area contributed by atoms with Crippen LogP contribution in [0.3, 0.4) is 0 Å².